The lowest BCUT2D eigenvalue weighted by atomic mass is 10.2. The number of aromatic nitrogens is 4. The number of nitrogens with one attached hydrogen (secondary N) is 2. The topological polar surface area (TPSA) is 110 Å². The molecule has 30 heavy (non-hydrogen) atoms. The first-order valence-corrected chi connectivity index (χ1v) is 8.61. The number of fused-ring (bicyclic) bond motifs is 1. The first kappa shape index (κ1) is 19.2. The van der Waals surface area contributed by atoms with E-state index in [4.69, 9.17) is 5.73 Å². The van der Waals surface area contributed by atoms with Crippen LogP contribution in [-0.4, -0.2) is 25.6 Å². The number of carbonyl (C=O) groups is 1. The quantitative estimate of drug-likeness (QED) is 0.470. The van der Waals surface area contributed by atoms with Gasteiger partial charge in [-0.15, -0.1) is 0 Å². The third-order valence-corrected chi connectivity index (χ3v) is 4.20. The Kier molecular flexibility index (Phi) is 4.70. The van der Waals surface area contributed by atoms with Crippen LogP contribution in [0, 0.1) is 0 Å². The molecule has 1 aromatic carbocycles. The number of halogens is 3. The Balaban J connectivity index is 1.47. The molecule has 4 N–H and O–H groups in total. The smallest absolute Gasteiger partial charge is 0.383 e. The average molecular weight is 413 g/mol. The molecule has 0 spiro atoms. The maximum absolute atomic E-state index is 12.8. The van der Waals surface area contributed by atoms with Gasteiger partial charge in [0.1, 0.15) is 5.82 Å². The van der Waals surface area contributed by atoms with E-state index in [0.717, 1.165) is 12.1 Å². The highest BCUT2D eigenvalue weighted by atomic mass is 19.4. The van der Waals surface area contributed by atoms with Gasteiger partial charge >= 0.3 is 12.2 Å². The standard InChI is InChI=1S/C19H14F3N7O/c20-19(21,22)11-2-1-3-12(8-11)27-18(30)28-13-4-5-15(24-9-13)14-10-25-16-6-7-26-29(16)17(14)23/h1-10H,23H2,(H2,27,28,30). The lowest BCUT2D eigenvalue weighted by Crippen LogP contribution is -2.20. The third kappa shape index (κ3) is 3.85. The van der Waals surface area contributed by atoms with Crippen LogP contribution in [0.5, 0.6) is 0 Å². The third-order valence-electron chi connectivity index (χ3n) is 4.20. The summed E-state index contributed by atoms with van der Waals surface area (Å²) in [5.41, 5.74) is 7.28. The normalized spacial score (nSPS) is 11.4. The lowest BCUT2D eigenvalue weighted by molar-refractivity contribution is -0.137. The van der Waals surface area contributed by atoms with E-state index in [-0.39, 0.29) is 5.69 Å². The molecule has 0 fully saturated rings. The Morgan fingerprint density at radius 2 is 1.80 bits per heavy atom. The molecule has 3 heterocycles. The summed E-state index contributed by atoms with van der Waals surface area (Å²) in [6.45, 7) is 0. The molecule has 3 aromatic heterocycles. The zero-order valence-corrected chi connectivity index (χ0v) is 15.2. The molecule has 0 saturated carbocycles. The van der Waals surface area contributed by atoms with Gasteiger partial charge in [-0.1, -0.05) is 6.07 Å². The van der Waals surface area contributed by atoms with E-state index in [9.17, 15) is 18.0 Å². The van der Waals surface area contributed by atoms with Gasteiger partial charge in [-0.25, -0.2) is 9.78 Å². The zero-order chi connectivity index (χ0) is 21.3. The minimum atomic E-state index is -4.50. The molecule has 0 saturated heterocycles. The number of rotatable bonds is 3. The Morgan fingerprint density at radius 1 is 1.00 bits per heavy atom. The first-order chi connectivity index (χ1) is 14.3. The lowest BCUT2D eigenvalue weighted by Gasteiger charge is -2.11. The molecule has 4 rings (SSSR count). The van der Waals surface area contributed by atoms with Crippen LogP contribution >= 0.6 is 0 Å². The van der Waals surface area contributed by atoms with Gasteiger partial charge in [-0.3, -0.25) is 4.98 Å². The average Bonchev–Trinajstić information content (AvgIpc) is 3.18. The van der Waals surface area contributed by atoms with E-state index < -0.39 is 17.8 Å². The van der Waals surface area contributed by atoms with Crippen LogP contribution in [0.4, 0.5) is 35.2 Å². The second-order valence-corrected chi connectivity index (χ2v) is 6.25. The summed E-state index contributed by atoms with van der Waals surface area (Å²) < 4.78 is 39.8. The van der Waals surface area contributed by atoms with Crippen molar-refractivity contribution in [2.24, 2.45) is 0 Å². The Bertz CT molecular complexity index is 1220. The highest BCUT2D eigenvalue weighted by Crippen LogP contribution is 2.30. The number of anilines is 3. The van der Waals surface area contributed by atoms with Crippen LogP contribution in [0.25, 0.3) is 16.9 Å². The van der Waals surface area contributed by atoms with Crippen molar-refractivity contribution >= 4 is 28.9 Å². The number of alkyl halides is 3. The van der Waals surface area contributed by atoms with E-state index in [0.29, 0.717) is 28.4 Å². The van der Waals surface area contributed by atoms with Gasteiger partial charge in [0.2, 0.25) is 0 Å². The van der Waals surface area contributed by atoms with E-state index >= 15 is 0 Å². The van der Waals surface area contributed by atoms with Crippen LogP contribution in [0.15, 0.2) is 61.1 Å². The largest absolute Gasteiger partial charge is 0.416 e. The molecule has 8 nitrogen and oxygen atoms in total. The number of pyridine rings is 1. The number of amides is 2. The zero-order valence-electron chi connectivity index (χ0n) is 15.2. The molecule has 0 aliphatic rings. The minimum absolute atomic E-state index is 0.0123. The number of carbonyl (C=O) groups excluding carboxylic acids is 1. The molecule has 152 valence electrons. The van der Waals surface area contributed by atoms with Crippen LogP contribution in [0.1, 0.15) is 5.56 Å². The number of nitrogens with two attached hydrogens (primary N) is 1. The molecule has 0 aliphatic carbocycles. The SMILES string of the molecule is Nc1c(-c2ccc(NC(=O)Nc3cccc(C(F)(F)F)c3)cn2)cnc2ccnn12. The van der Waals surface area contributed by atoms with Crippen molar-refractivity contribution < 1.29 is 18.0 Å². The monoisotopic (exact) mass is 413 g/mol. The van der Waals surface area contributed by atoms with Crippen molar-refractivity contribution in [3.63, 3.8) is 0 Å². The number of hydrogen-bond donors (Lipinski definition) is 3. The number of nitrogen functional groups attached to an aromatic ring is 1. The van der Waals surface area contributed by atoms with E-state index in [1.54, 1.807) is 30.6 Å². The summed E-state index contributed by atoms with van der Waals surface area (Å²) in [6.07, 6.45) is 0.0473. The van der Waals surface area contributed by atoms with Crippen molar-refractivity contribution in [3.8, 4) is 11.3 Å². The van der Waals surface area contributed by atoms with Crippen LogP contribution < -0.4 is 16.4 Å². The van der Waals surface area contributed by atoms with Crippen LogP contribution in [-0.2, 0) is 6.18 Å². The number of urea groups is 1. The number of benzene rings is 1. The summed E-state index contributed by atoms with van der Waals surface area (Å²) in [4.78, 5) is 20.6. The van der Waals surface area contributed by atoms with Crippen molar-refractivity contribution in [2.75, 3.05) is 16.4 Å². The van der Waals surface area contributed by atoms with Gasteiger partial charge in [-0.05, 0) is 30.3 Å². The van der Waals surface area contributed by atoms with Gasteiger partial charge in [0, 0.05) is 18.0 Å². The molecule has 2 amide bonds. The van der Waals surface area contributed by atoms with Crippen molar-refractivity contribution in [1.82, 2.24) is 19.6 Å². The molecule has 0 bridgehead atoms. The van der Waals surface area contributed by atoms with Gasteiger partial charge in [0.05, 0.1) is 34.9 Å². The molecule has 0 aliphatic heterocycles. The predicted octanol–water partition coefficient (Wildman–Crippen LogP) is 4.04. The molecule has 11 heteroatoms. The van der Waals surface area contributed by atoms with E-state index in [1.165, 1.54) is 22.8 Å². The second kappa shape index (κ2) is 7.35. The molecular weight excluding hydrogens is 399 g/mol. The fraction of sp³-hybridized carbons (Fsp3) is 0.0526. The molecule has 4 aromatic rings. The molecule has 0 radical (unpaired) electrons. The van der Waals surface area contributed by atoms with Crippen molar-refractivity contribution in [2.45, 2.75) is 6.18 Å². The van der Waals surface area contributed by atoms with Crippen molar-refractivity contribution in [1.29, 1.82) is 0 Å². The number of nitrogens with zero attached hydrogens (tertiary/aromatic N) is 4. The maximum atomic E-state index is 12.8. The fourth-order valence-electron chi connectivity index (χ4n) is 2.78. The van der Waals surface area contributed by atoms with Gasteiger partial charge in [-0.2, -0.15) is 22.8 Å². The molecule has 0 atom stereocenters. The second-order valence-electron chi connectivity index (χ2n) is 6.25. The summed E-state index contributed by atoms with van der Waals surface area (Å²) >= 11 is 0. The molecule has 0 unspecified atom stereocenters. The summed E-state index contributed by atoms with van der Waals surface area (Å²) in [5.74, 6) is 0.362. The Hall–Kier alpha value is -4.15. The van der Waals surface area contributed by atoms with Crippen LogP contribution in [0.3, 0.4) is 0 Å². The number of hydrogen-bond acceptors (Lipinski definition) is 5. The van der Waals surface area contributed by atoms with Crippen molar-refractivity contribution in [3.05, 3.63) is 66.6 Å². The Morgan fingerprint density at radius 3 is 2.53 bits per heavy atom. The van der Waals surface area contributed by atoms with Gasteiger partial charge in [0.15, 0.2) is 5.65 Å². The minimum Gasteiger partial charge on any atom is -0.383 e. The highest BCUT2D eigenvalue weighted by molar-refractivity contribution is 5.99. The summed E-state index contributed by atoms with van der Waals surface area (Å²) in [7, 11) is 0. The Labute approximate surface area is 167 Å². The van der Waals surface area contributed by atoms with E-state index in [2.05, 4.69) is 25.7 Å². The maximum Gasteiger partial charge on any atom is 0.416 e. The summed E-state index contributed by atoms with van der Waals surface area (Å²) in [6, 6.07) is 8.56. The predicted molar refractivity (Wildman–Crippen MR) is 105 cm³/mol. The van der Waals surface area contributed by atoms with E-state index in [1.807, 2.05) is 0 Å². The fourth-order valence-corrected chi connectivity index (χ4v) is 2.78. The molecular formula is C19H14F3N7O. The summed E-state index contributed by atoms with van der Waals surface area (Å²) in [5, 5.41) is 8.95. The first-order valence-electron chi connectivity index (χ1n) is 8.61. The van der Waals surface area contributed by atoms with Crippen LogP contribution in [0.2, 0.25) is 0 Å². The van der Waals surface area contributed by atoms with Gasteiger partial charge in [0.25, 0.3) is 0 Å². The highest BCUT2D eigenvalue weighted by Gasteiger charge is 2.30. The van der Waals surface area contributed by atoms with Gasteiger partial charge < -0.3 is 16.4 Å².